The van der Waals surface area contributed by atoms with Gasteiger partial charge in [-0.05, 0) is 69.4 Å². The molecule has 0 spiro atoms. The number of carbonyl (C=O) groups is 3. The van der Waals surface area contributed by atoms with Crippen LogP contribution in [0.2, 0.25) is 5.02 Å². The molecule has 11 heteroatoms. The quantitative estimate of drug-likeness (QED) is 0.402. The minimum atomic E-state index is -1.12. The standard InChI is InChI=1S/C31H38BrClN4O5/c1-31(2,29(39)34-13-15-35(16-14-34)30(40)41)42-26-7-3-6-25(18-26)36-12-4-5-22(19-36)28(38)37(24-10-11-24)20-21-8-9-23(32)17-27(21)33/h3,6-9,17-18,22,24H,4-5,10-16,19-20H2,1-2H3,(H,40,41)/t22-/m1/s1. The SMILES string of the molecule is CC(C)(Oc1cccc(N2CCC[C@@H](C(=O)N(Cc3ccc(Br)cc3Cl)C3CC3)C2)c1)C(=O)N1CCN(C(=O)O)CC1. The van der Waals surface area contributed by atoms with E-state index in [9.17, 15) is 19.5 Å². The van der Waals surface area contributed by atoms with Crippen LogP contribution < -0.4 is 9.64 Å². The lowest BCUT2D eigenvalue weighted by atomic mass is 9.95. The number of anilines is 1. The van der Waals surface area contributed by atoms with Gasteiger partial charge in [-0.2, -0.15) is 0 Å². The molecule has 1 N–H and O–H groups in total. The third kappa shape index (κ3) is 7.14. The van der Waals surface area contributed by atoms with E-state index in [0.717, 1.165) is 48.0 Å². The number of halogens is 2. The fraction of sp³-hybridized carbons (Fsp3) is 0.516. The minimum Gasteiger partial charge on any atom is -0.478 e. The second-order valence-electron chi connectivity index (χ2n) is 11.9. The molecule has 3 fully saturated rings. The smallest absolute Gasteiger partial charge is 0.407 e. The minimum absolute atomic E-state index is 0.111. The largest absolute Gasteiger partial charge is 0.478 e. The van der Waals surface area contributed by atoms with Crippen LogP contribution in [-0.2, 0) is 16.1 Å². The molecule has 2 aromatic rings. The van der Waals surface area contributed by atoms with Crippen molar-refractivity contribution < 1.29 is 24.2 Å². The van der Waals surface area contributed by atoms with Crippen molar-refractivity contribution in [2.75, 3.05) is 44.2 Å². The summed E-state index contributed by atoms with van der Waals surface area (Å²) >= 11 is 9.96. The molecule has 42 heavy (non-hydrogen) atoms. The normalized spacial score (nSPS) is 19.4. The molecule has 9 nitrogen and oxygen atoms in total. The maximum Gasteiger partial charge on any atom is 0.407 e. The van der Waals surface area contributed by atoms with Gasteiger partial charge in [0, 0.05) is 73.1 Å². The third-order valence-corrected chi connectivity index (χ3v) is 9.15. The summed E-state index contributed by atoms with van der Waals surface area (Å²) < 4.78 is 7.14. The van der Waals surface area contributed by atoms with Gasteiger partial charge < -0.3 is 29.4 Å². The van der Waals surface area contributed by atoms with Gasteiger partial charge in [0.1, 0.15) is 5.75 Å². The topological polar surface area (TPSA) is 93.6 Å². The highest BCUT2D eigenvalue weighted by Crippen LogP contribution is 2.35. The number of amides is 3. The fourth-order valence-electron chi connectivity index (χ4n) is 5.82. The zero-order valence-electron chi connectivity index (χ0n) is 24.1. The van der Waals surface area contributed by atoms with Crippen LogP contribution in [0.5, 0.6) is 5.75 Å². The van der Waals surface area contributed by atoms with Crippen molar-refractivity contribution >= 4 is 51.1 Å². The van der Waals surface area contributed by atoms with E-state index in [1.54, 1.807) is 18.7 Å². The number of carbonyl (C=O) groups excluding carboxylic acids is 2. The second kappa shape index (κ2) is 12.7. The molecule has 2 aliphatic heterocycles. The van der Waals surface area contributed by atoms with Gasteiger partial charge in [-0.15, -0.1) is 0 Å². The van der Waals surface area contributed by atoms with Gasteiger partial charge >= 0.3 is 6.09 Å². The number of piperidine rings is 1. The van der Waals surface area contributed by atoms with Gasteiger partial charge in [-0.3, -0.25) is 9.59 Å². The molecule has 3 aliphatic rings. The Morgan fingerprint density at radius 1 is 1.02 bits per heavy atom. The Hall–Kier alpha value is -2.98. The third-order valence-electron chi connectivity index (χ3n) is 8.31. The number of hydrogen-bond acceptors (Lipinski definition) is 5. The molecule has 2 heterocycles. The zero-order valence-corrected chi connectivity index (χ0v) is 26.4. The summed E-state index contributed by atoms with van der Waals surface area (Å²) in [4.78, 5) is 45.5. The molecule has 1 atom stereocenters. The average molecular weight is 662 g/mol. The highest BCUT2D eigenvalue weighted by atomic mass is 79.9. The highest BCUT2D eigenvalue weighted by Gasteiger charge is 2.39. The fourth-order valence-corrected chi connectivity index (χ4v) is 6.55. The number of rotatable bonds is 8. The lowest BCUT2D eigenvalue weighted by molar-refractivity contribution is -0.147. The first-order chi connectivity index (χ1) is 20.0. The van der Waals surface area contributed by atoms with Crippen molar-refractivity contribution in [1.82, 2.24) is 14.7 Å². The molecule has 5 rings (SSSR count). The molecule has 3 amide bonds. The molecule has 0 unspecified atom stereocenters. The average Bonchev–Trinajstić information content (AvgIpc) is 3.81. The van der Waals surface area contributed by atoms with Crippen LogP contribution in [0, 0.1) is 5.92 Å². The van der Waals surface area contributed by atoms with Crippen molar-refractivity contribution in [3.05, 3.63) is 57.5 Å². The van der Waals surface area contributed by atoms with E-state index in [1.165, 1.54) is 4.90 Å². The first kappa shape index (κ1) is 30.5. The number of nitrogens with zero attached hydrogens (tertiary/aromatic N) is 4. The Kier molecular flexibility index (Phi) is 9.23. The summed E-state index contributed by atoms with van der Waals surface area (Å²) in [6.07, 6.45) is 2.84. The number of hydrogen-bond donors (Lipinski definition) is 1. The zero-order chi connectivity index (χ0) is 30.0. The molecule has 1 aliphatic carbocycles. The molecule has 0 bridgehead atoms. The monoisotopic (exact) mass is 660 g/mol. The predicted molar refractivity (Wildman–Crippen MR) is 165 cm³/mol. The Balaban J connectivity index is 1.23. The van der Waals surface area contributed by atoms with E-state index in [1.807, 2.05) is 47.4 Å². The lowest BCUT2D eigenvalue weighted by Gasteiger charge is -2.38. The first-order valence-corrected chi connectivity index (χ1v) is 15.7. The van der Waals surface area contributed by atoms with E-state index in [2.05, 4.69) is 20.8 Å². The number of carboxylic acid groups (broad SMARTS) is 1. The summed E-state index contributed by atoms with van der Waals surface area (Å²) in [5, 5.41) is 9.86. The van der Waals surface area contributed by atoms with Gasteiger partial charge in [-0.25, -0.2) is 4.79 Å². The summed E-state index contributed by atoms with van der Waals surface area (Å²) in [6.45, 7) is 6.72. The Morgan fingerprint density at radius 3 is 2.40 bits per heavy atom. The summed E-state index contributed by atoms with van der Waals surface area (Å²) in [5.41, 5.74) is 0.791. The number of piperazine rings is 1. The molecular weight excluding hydrogens is 624 g/mol. The number of benzene rings is 2. The second-order valence-corrected chi connectivity index (χ2v) is 13.2. The van der Waals surface area contributed by atoms with Crippen LogP contribution in [0.3, 0.4) is 0 Å². The van der Waals surface area contributed by atoms with E-state index >= 15 is 0 Å². The van der Waals surface area contributed by atoms with Crippen LogP contribution in [0.1, 0.15) is 45.1 Å². The first-order valence-electron chi connectivity index (χ1n) is 14.6. The molecule has 2 saturated heterocycles. The van der Waals surface area contributed by atoms with Crippen molar-refractivity contribution in [3.8, 4) is 5.75 Å². The van der Waals surface area contributed by atoms with Crippen LogP contribution in [-0.4, -0.2) is 88.6 Å². The number of ether oxygens (including phenoxy) is 1. The van der Waals surface area contributed by atoms with E-state index < -0.39 is 11.7 Å². The van der Waals surface area contributed by atoms with Gasteiger partial charge in [0.15, 0.2) is 5.60 Å². The highest BCUT2D eigenvalue weighted by molar-refractivity contribution is 9.10. The molecular formula is C31H38BrClN4O5. The predicted octanol–water partition coefficient (Wildman–Crippen LogP) is 5.49. The molecule has 1 saturated carbocycles. The van der Waals surface area contributed by atoms with Crippen molar-refractivity contribution in [3.63, 3.8) is 0 Å². The van der Waals surface area contributed by atoms with E-state index in [4.69, 9.17) is 16.3 Å². The van der Waals surface area contributed by atoms with Crippen LogP contribution in [0.4, 0.5) is 10.5 Å². The molecule has 226 valence electrons. The van der Waals surface area contributed by atoms with Crippen LogP contribution in [0.15, 0.2) is 46.9 Å². The maximum absolute atomic E-state index is 13.8. The molecule has 0 radical (unpaired) electrons. The van der Waals surface area contributed by atoms with E-state index in [0.29, 0.717) is 37.0 Å². The summed E-state index contributed by atoms with van der Waals surface area (Å²) in [7, 11) is 0. The van der Waals surface area contributed by atoms with Crippen molar-refractivity contribution in [2.45, 2.75) is 57.7 Å². The summed E-state index contributed by atoms with van der Waals surface area (Å²) in [6, 6.07) is 13.8. The van der Waals surface area contributed by atoms with Crippen LogP contribution in [0.25, 0.3) is 0 Å². The van der Waals surface area contributed by atoms with Crippen molar-refractivity contribution in [2.24, 2.45) is 5.92 Å². The van der Waals surface area contributed by atoms with Crippen molar-refractivity contribution in [1.29, 1.82) is 0 Å². The van der Waals surface area contributed by atoms with E-state index in [-0.39, 0.29) is 36.9 Å². The Morgan fingerprint density at radius 2 is 1.74 bits per heavy atom. The maximum atomic E-state index is 13.8. The van der Waals surface area contributed by atoms with Gasteiger partial charge in [0.2, 0.25) is 5.91 Å². The van der Waals surface area contributed by atoms with Gasteiger partial charge in [0.25, 0.3) is 5.91 Å². The molecule has 0 aromatic heterocycles. The van der Waals surface area contributed by atoms with Gasteiger partial charge in [0.05, 0.1) is 5.92 Å². The summed E-state index contributed by atoms with van der Waals surface area (Å²) in [5.74, 6) is 0.476. The van der Waals surface area contributed by atoms with Crippen LogP contribution >= 0.6 is 27.5 Å². The Bertz CT molecular complexity index is 1330. The molecule has 2 aromatic carbocycles. The van der Waals surface area contributed by atoms with Gasteiger partial charge in [-0.1, -0.05) is 39.7 Å². The lowest BCUT2D eigenvalue weighted by Crippen LogP contribution is -2.56. The Labute approximate surface area is 260 Å².